The molecule has 0 aliphatic heterocycles. The Kier molecular flexibility index (Phi) is 6.15. The zero-order valence-electron chi connectivity index (χ0n) is 9.30. The van der Waals surface area contributed by atoms with Crippen LogP contribution in [0.25, 0.3) is 0 Å². The number of rotatable bonds is 6. The Morgan fingerprint density at radius 1 is 1.36 bits per heavy atom. The van der Waals surface area contributed by atoms with E-state index in [4.69, 9.17) is 10.5 Å². The molecule has 0 aromatic carbocycles. The quantitative estimate of drug-likeness (QED) is 0.635. The van der Waals surface area contributed by atoms with E-state index in [-0.39, 0.29) is 0 Å². The van der Waals surface area contributed by atoms with Gasteiger partial charge in [-0.2, -0.15) is 0 Å². The first-order valence-electron chi connectivity index (χ1n) is 5.91. The Morgan fingerprint density at radius 3 is 2.86 bits per heavy atom. The van der Waals surface area contributed by atoms with Gasteiger partial charge in [0.2, 0.25) is 0 Å². The van der Waals surface area contributed by atoms with E-state index in [1.54, 1.807) is 0 Å². The lowest BCUT2D eigenvalue weighted by molar-refractivity contribution is 0.143. The first-order chi connectivity index (χ1) is 6.84. The van der Waals surface area contributed by atoms with Crippen LogP contribution in [0.2, 0.25) is 0 Å². The van der Waals surface area contributed by atoms with Crippen LogP contribution in [-0.4, -0.2) is 31.8 Å². The highest BCUT2D eigenvalue weighted by atomic mass is 16.5. The molecule has 0 spiro atoms. The molecule has 1 aliphatic carbocycles. The summed E-state index contributed by atoms with van der Waals surface area (Å²) in [6.45, 7) is 4.76. The molecule has 1 saturated carbocycles. The number of nitrogens with two attached hydrogens (primary N) is 1. The summed E-state index contributed by atoms with van der Waals surface area (Å²) in [6, 6.07) is 0.918. The van der Waals surface area contributed by atoms with E-state index in [2.05, 4.69) is 5.32 Å². The van der Waals surface area contributed by atoms with Crippen molar-refractivity contribution in [3.8, 4) is 0 Å². The minimum atomic E-state index is 0.371. The fraction of sp³-hybridized carbons (Fsp3) is 1.00. The Labute approximate surface area is 87.4 Å². The van der Waals surface area contributed by atoms with Gasteiger partial charge in [0.15, 0.2) is 0 Å². The summed E-state index contributed by atoms with van der Waals surface area (Å²) in [5.74, 6) is 0. The van der Waals surface area contributed by atoms with E-state index in [1.165, 1.54) is 25.7 Å². The van der Waals surface area contributed by atoms with E-state index in [9.17, 15) is 0 Å². The Bertz CT molecular complexity index is 141. The lowest BCUT2D eigenvalue weighted by Gasteiger charge is -2.29. The van der Waals surface area contributed by atoms with Crippen molar-refractivity contribution in [3.63, 3.8) is 0 Å². The van der Waals surface area contributed by atoms with Crippen LogP contribution in [0.5, 0.6) is 0 Å². The molecule has 0 bridgehead atoms. The van der Waals surface area contributed by atoms with Gasteiger partial charge in [0.25, 0.3) is 0 Å². The van der Waals surface area contributed by atoms with Gasteiger partial charge in [0.05, 0.1) is 0 Å². The van der Waals surface area contributed by atoms with Gasteiger partial charge < -0.3 is 15.8 Å². The molecule has 0 amide bonds. The zero-order valence-corrected chi connectivity index (χ0v) is 9.30. The molecule has 3 N–H and O–H groups in total. The smallest absolute Gasteiger partial charge is 0.0477 e. The molecule has 0 saturated heterocycles. The van der Waals surface area contributed by atoms with E-state index in [1.807, 2.05) is 6.92 Å². The number of hydrogen-bond donors (Lipinski definition) is 2. The molecular weight excluding hydrogens is 176 g/mol. The van der Waals surface area contributed by atoms with Crippen LogP contribution in [0.1, 0.15) is 39.0 Å². The van der Waals surface area contributed by atoms with Gasteiger partial charge in [-0.3, -0.25) is 0 Å². The van der Waals surface area contributed by atoms with Crippen LogP contribution in [-0.2, 0) is 4.74 Å². The molecular formula is C11H24N2O. The third-order valence-electron chi connectivity index (χ3n) is 2.90. The van der Waals surface area contributed by atoms with Gasteiger partial charge >= 0.3 is 0 Å². The summed E-state index contributed by atoms with van der Waals surface area (Å²) < 4.78 is 5.28. The molecule has 2 unspecified atom stereocenters. The highest BCUT2D eigenvalue weighted by molar-refractivity contribution is 4.83. The van der Waals surface area contributed by atoms with Crippen molar-refractivity contribution in [3.05, 3.63) is 0 Å². The summed E-state index contributed by atoms with van der Waals surface area (Å²) in [4.78, 5) is 0. The van der Waals surface area contributed by atoms with Crippen molar-refractivity contribution in [2.24, 2.45) is 5.73 Å². The summed E-state index contributed by atoms with van der Waals surface area (Å²) in [6.07, 6.45) is 6.16. The van der Waals surface area contributed by atoms with Gasteiger partial charge in [-0.25, -0.2) is 0 Å². The van der Waals surface area contributed by atoms with E-state index < -0.39 is 0 Å². The van der Waals surface area contributed by atoms with Crippen LogP contribution in [0.15, 0.2) is 0 Å². The number of ether oxygens (including phenoxy) is 1. The number of nitrogens with one attached hydrogen (secondary N) is 1. The highest BCUT2D eigenvalue weighted by Crippen LogP contribution is 2.16. The summed E-state index contributed by atoms with van der Waals surface area (Å²) in [7, 11) is 0. The second-order valence-electron chi connectivity index (χ2n) is 4.06. The first-order valence-corrected chi connectivity index (χ1v) is 5.91. The second kappa shape index (κ2) is 7.21. The van der Waals surface area contributed by atoms with Gasteiger partial charge in [-0.05, 0) is 32.7 Å². The second-order valence-corrected chi connectivity index (χ2v) is 4.06. The van der Waals surface area contributed by atoms with Crippen LogP contribution < -0.4 is 11.1 Å². The minimum absolute atomic E-state index is 0.371. The van der Waals surface area contributed by atoms with Crippen molar-refractivity contribution in [2.75, 3.05) is 19.8 Å². The third kappa shape index (κ3) is 4.40. The van der Waals surface area contributed by atoms with Crippen molar-refractivity contribution in [1.82, 2.24) is 5.32 Å². The average molecular weight is 200 g/mol. The van der Waals surface area contributed by atoms with Crippen molar-refractivity contribution >= 4 is 0 Å². The SMILES string of the molecule is CCOCCCNC1CCCCC1N. The van der Waals surface area contributed by atoms with Crippen LogP contribution in [0.4, 0.5) is 0 Å². The van der Waals surface area contributed by atoms with Gasteiger partial charge in [-0.1, -0.05) is 12.8 Å². The molecule has 1 aliphatic rings. The molecule has 3 nitrogen and oxygen atoms in total. The predicted molar refractivity (Wildman–Crippen MR) is 59.3 cm³/mol. The number of hydrogen-bond acceptors (Lipinski definition) is 3. The molecule has 0 aromatic heterocycles. The van der Waals surface area contributed by atoms with E-state index >= 15 is 0 Å². The molecule has 84 valence electrons. The van der Waals surface area contributed by atoms with Gasteiger partial charge in [0, 0.05) is 25.3 Å². The molecule has 0 aromatic rings. The highest BCUT2D eigenvalue weighted by Gasteiger charge is 2.20. The lowest BCUT2D eigenvalue weighted by atomic mass is 9.91. The monoisotopic (exact) mass is 200 g/mol. The predicted octanol–water partition coefficient (Wildman–Crippen LogP) is 1.27. The van der Waals surface area contributed by atoms with Gasteiger partial charge in [0.1, 0.15) is 0 Å². The maximum atomic E-state index is 6.03. The van der Waals surface area contributed by atoms with E-state index in [0.717, 1.165) is 26.2 Å². The molecule has 1 fully saturated rings. The zero-order chi connectivity index (χ0) is 10.2. The van der Waals surface area contributed by atoms with Crippen LogP contribution in [0, 0.1) is 0 Å². The van der Waals surface area contributed by atoms with E-state index in [0.29, 0.717) is 12.1 Å². The van der Waals surface area contributed by atoms with Gasteiger partial charge in [-0.15, -0.1) is 0 Å². The summed E-state index contributed by atoms with van der Waals surface area (Å²) >= 11 is 0. The Morgan fingerprint density at radius 2 is 2.14 bits per heavy atom. The molecule has 0 radical (unpaired) electrons. The summed E-state index contributed by atoms with van der Waals surface area (Å²) in [5, 5.41) is 3.53. The molecule has 0 heterocycles. The normalized spacial score (nSPS) is 27.9. The first kappa shape index (κ1) is 12.0. The Balaban J connectivity index is 1.99. The van der Waals surface area contributed by atoms with Crippen LogP contribution >= 0.6 is 0 Å². The summed E-state index contributed by atoms with van der Waals surface area (Å²) in [5.41, 5.74) is 6.03. The topological polar surface area (TPSA) is 47.3 Å². The largest absolute Gasteiger partial charge is 0.382 e. The lowest BCUT2D eigenvalue weighted by Crippen LogP contribution is -2.47. The standard InChI is InChI=1S/C11H24N2O/c1-2-14-9-5-8-13-11-7-4-3-6-10(11)12/h10-11,13H,2-9,12H2,1H3. The molecule has 14 heavy (non-hydrogen) atoms. The van der Waals surface area contributed by atoms with Crippen molar-refractivity contribution < 1.29 is 4.74 Å². The fourth-order valence-corrected chi connectivity index (χ4v) is 2.02. The fourth-order valence-electron chi connectivity index (χ4n) is 2.02. The molecule has 3 heteroatoms. The maximum absolute atomic E-state index is 6.03. The Hall–Kier alpha value is -0.120. The molecule has 1 rings (SSSR count). The minimum Gasteiger partial charge on any atom is -0.382 e. The van der Waals surface area contributed by atoms with Crippen LogP contribution in [0.3, 0.4) is 0 Å². The van der Waals surface area contributed by atoms with Crippen molar-refractivity contribution in [1.29, 1.82) is 0 Å². The average Bonchev–Trinajstić information content (AvgIpc) is 2.20. The van der Waals surface area contributed by atoms with Crippen molar-refractivity contribution in [2.45, 2.75) is 51.1 Å². The maximum Gasteiger partial charge on any atom is 0.0477 e. The molecule has 2 atom stereocenters. The third-order valence-corrected chi connectivity index (χ3v) is 2.90.